The molecule has 1 aliphatic carbocycles. The van der Waals surface area contributed by atoms with Gasteiger partial charge in [0.15, 0.2) is 0 Å². The fourth-order valence-corrected chi connectivity index (χ4v) is 3.22. The number of alkyl halides is 3. The molecule has 0 radical (unpaired) electrons. The zero-order chi connectivity index (χ0) is 16.2. The summed E-state index contributed by atoms with van der Waals surface area (Å²) >= 11 is 1.17. The normalized spacial score (nSPS) is 18.0. The Kier molecular flexibility index (Phi) is 5.72. The fraction of sp³-hybridized carbons (Fsp3) is 0.600. The van der Waals surface area contributed by atoms with Gasteiger partial charge >= 0.3 is 6.18 Å². The zero-order valence-electron chi connectivity index (χ0n) is 12.3. The van der Waals surface area contributed by atoms with Crippen molar-refractivity contribution in [1.29, 1.82) is 0 Å². The molecule has 0 bridgehead atoms. The third-order valence-corrected chi connectivity index (χ3v) is 4.73. The predicted molar refractivity (Wildman–Crippen MR) is 79.6 cm³/mol. The first kappa shape index (κ1) is 17.1. The molecule has 1 atom stereocenters. The minimum atomic E-state index is -4.39. The molecular formula is C15H19F3N2OS. The number of carbonyl (C=O) groups is 1. The van der Waals surface area contributed by atoms with Gasteiger partial charge in [0.05, 0.1) is 15.8 Å². The fourth-order valence-electron chi connectivity index (χ4n) is 2.42. The van der Waals surface area contributed by atoms with Crippen LogP contribution >= 0.6 is 11.8 Å². The third kappa shape index (κ3) is 4.90. The summed E-state index contributed by atoms with van der Waals surface area (Å²) in [6, 6.07) is 2.52. The number of amides is 1. The van der Waals surface area contributed by atoms with Crippen LogP contribution in [0.5, 0.6) is 0 Å². The maximum absolute atomic E-state index is 12.5. The van der Waals surface area contributed by atoms with Gasteiger partial charge < -0.3 is 5.32 Å². The average molecular weight is 332 g/mol. The third-order valence-electron chi connectivity index (χ3n) is 3.68. The minimum Gasteiger partial charge on any atom is -0.352 e. The first-order valence-electron chi connectivity index (χ1n) is 7.36. The Balaban J connectivity index is 1.87. The molecule has 0 spiro atoms. The van der Waals surface area contributed by atoms with Crippen LogP contribution in [-0.4, -0.2) is 22.2 Å². The van der Waals surface area contributed by atoms with Gasteiger partial charge in [-0.3, -0.25) is 4.79 Å². The summed E-state index contributed by atoms with van der Waals surface area (Å²) in [5, 5.41) is 3.04. The zero-order valence-corrected chi connectivity index (χ0v) is 13.1. The van der Waals surface area contributed by atoms with Gasteiger partial charge in [0, 0.05) is 12.2 Å². The molecule has 22 heavy (non-hydrogen) atoms. The van der Waals surface area contributed by atoms with E-state index in [1.54, 1.807) is 6.92 Å². The lowest BCUT2D eigenvalue weighted by molar-refractivity contribution is -0.137. The predicted octanol–water partition coefficient (Wildman–Crippen LogP) is 4.03. The Bertz CT molecular complexity index is 499. The van der Waals surface area contributed by atoms with Crippen LogP contribution in [0, 0.1) is 0 Å². The quantitative estimate of drug-likeness (QED) is 0.847. The summed E-state index contributed by atoms with van der Waals surface area (Å²) in [6.45, 7) is 1.74. The molecule has 1 aromatic heterocycles. The van der Waals surface area contributed by atoms with E-state index >= 15 is 0 Å². The van der Waals surface area contributed by atoms with E-state index in [9.17, 15) is 18.0 Å². The molecule has 1 fully saturated rings. The monoisotopic (exact) mass is 332 g/mol. The summed E-state index contributed by atoms with van der Waals surface area (Å²) < 4.78 is 37.4. The van der Waals surface area contributed by atoms with Crippen molar-refractivity contribution >= 4 is 17.7 Å². The van der Waals surface area contributed by atoms with Crippen LogP contribution in [0.15, 0.2) is 23.4 Å². The number of carbonyl (C=O) groups excluding carboxylic acids is 1. The SMILES string of the molecule is CC(Sc1ccc(C(F)(F)F)cn1)C(=O)NC1CCCCC1. The van der Waals surface area contributed by atoms with Crippen molar-refractivity contribution in [3.8, 4) is 0 Å². The Hall–Kier alpha value is -1.24. The van der Waals surface area contributed by atoms with Crippen LogP contribution in [0.2, 0.25) is 0 Å². The molecule has 1 N–H and O–H groups in total. The Labute approximate surface area is 132 Å². The second-order valence-electron chi connectivity index (χ2n) is 5.49. The second-order valence-corrected chi connectivity index (χ2v) is 6.85. The molecule has 1 heterocycles. The lowest BCUT2D eigenvalue weighted by atomic mass is 9.95. The number of aromatic nitrogens is 1. The molecule has 0 saturated heterocycles. The van der Waals surface area contributed by atoms with Crippen LogP contribution < -0.4 is 5.32 Å². The van der Waals surface area contributed by atoms with E-state index in [-0.39, 0.29) is 17.2 Å². The molecule has 0 aliphatic heterocycles. The van der Waals surface area contributed by atoms with Gasteiger partial charge in [-0.15, -0.1) is 0 Å². The summed E-state index contributed by atoms with van der Waals surface area (Å²) in [6.07, 6.45) is 1.89. The summed E-state index contributed by atoms with van der Waals surface area (Å²) in [7, 11) is 0. The van der Waals surface area contributed by atoms with E-state index in [0.29, 0.717) is 5.03 Å². The smallest absolute Gasteiger partial charge is 0.352 e. The van der Waals surface area contributed by atoms with Crippen molar-refractivity contribution < 1.29 is 18.0 Å². The highest BCUT2D eigenvalue weighted by atomic mass is 32.2. The number of thioether (sulfide) groups is 1. The van der Waals surface area contributed by atoms with Gasteiger partial charge in [0.1, 0.15) is 0 Å². The number of nitrogens with zero attached hydrogens (tertiary/aromatic N) is 1. The summed E-state index contributed by atoms with van der Waals surface area (Å²) in [4.78, 5) is 15.9. The lowest BCUT2D eigenvalue weighted by Gasteiger charge is -2.24. The van der Waals surface area contributed by atoms with Gasteiger partial charge in [0.2, 0.25) is 5.91 Å². The molecular weight excluding hydrogens is 313 g/mol. The first-order valence-corrected chi connectivity index (χ1v) is 8.24. The van der Waals surface area contributed by atoms with Crippen molar-refractivity contribution in [1.82, 2.24) is 10.3 Å². The highest BCUT2D eigenvalue weighted by Crippen LogP contribution is 2.30. The van der Waals surface area contributed by atoms with Crippen LogP contribution in [0.25, 0.3) is 0 Å². The standard InChI is InChI=1S/C15H19F3N2OS/c1-10(14(21)20-12-5-3-2-4-6-12)22-13-8-7-11(9-19-13)15(16,17)18/h7-10,12H,2-6H2,1H3,(H,20,21). The van der Waals surface area contributed by atoms with Crippen molar-refractivity contribution in [2.45, 2.75) is 61.5 Å². The van der Waals surface area contributed by atoms with Gasteiger partial charge in [-0.05, 0) is 31.9 Å². The second kappa shape index (κ2) is 7.35. The highest BCUT2D eigenvalue weighted by Gasteiger charge is 2.30. The molecule has 1 saturated carbocycles. The van der Waals surface area contributed by atoms with Crippen molar-refractivity contribution in [2.24, 2.45) is 0 Å². The minimum absolute atomic E-state index is 0.0846. The van der Waals surface area contributed by atoms with Crippen LogP contribution in [-0.2, 0) is 11.0 Å². The van der Waals surface area contributed by atoms with E-state index in [1.807, 2.05) is 0 Å². The van der Waals surface area contributed by atoms with E-state index < -0.39 is 11.7 Å². The number of rotatable bonds is 4. The maximum atomic E-state index is 12.5. The summed E-state index contributed by atoms with van der Waals surface area (Å²) in [5.74, 6) is -0.0846. The molecule has 2 rings (SSSR count). The molecule has 1 amide bonds. The van der Waals surface area contributed by atoms with E-state index in [0.717, 1.165) is 37.9 Å². The van der Waals surface area contributed by atoms with E-state index in [4.69, 9.17) is 0 Å². The van der Waals surface area contributed by atoms with Gasteiger partial charge in [0.25, 0.3) is 0 Å². The average Bonchev–Trinajstić information content (AvgIpc) is 2.48. The van der Waals surface area contributed by atoms with Crippen LogP contribution in [0.3, 0.4) is 0 Å². The lowest BCUT2D eigenvalue weighted by Crippen LogP contribution is -2.40. The van der Waals surface area contributed by atoms with Crippen molar-refractivity contribution in [3.63, 3.8) is 0 Å². The Morgan fingerprint density at radius 2 is 2.00 bits per heavy atom. The van der Waals surface area contributed by atoms with Crippen molar-refractivity contribution in [2.75, 3.05) is 0 Å². The Morgan fingerprint density at radius 1 is 1.32 bits per heavy atom. The highest BCUT2D eigenvalue weighted by molar-refractivity contribution is 8.00. The maximum Gasteiger partial charge on any atom is 0.417 e. The van der Waals surface area contributed by atoms with E-state index in [2.05, 4.69) is 10.3 Å². The molecule has 1 unspecified atom stereocenters. The number of halogens is 3. The van der Waals surface area contributed by atoms with Crippen molar-refractivity contribution in [3.05, 3.63) is 23.9 Å². The molecule has 0 aromatic carbocycles. The van der Waals surface area contributed by atoms with Gasteiger partial charge in [-0.1, -0.05) is 31.0 Å². The molecule has 1 aromatic rings. The summed E-state index contributed by atoms with van der Waals surface area (Å²) in [5.41, 5.74) is -0.781. The topological polar surface area (TPSA) is 42.0 Å². The molecule has 122 valence electrons. The van der Waals surface area contributed by atoms with Gasteiger partial charge in [-0.2, -0.15) is 13.2 Å². The van der Waals surface area contributed by atoms with E-state index in [1.165, 1.54) is 24.2 Å². The molecule has 1 aliphatic rings. The Morgan fingerprint density at radius 3 is 2.55 bits per heavy atom. The number of pyridine rings is 1. The number of hydrogen-bond donors (Lipinski definition) is 1. The number of hydrogen-bond acceptors (Lipinski definition) is 3. The molecule has 7 heteroatoms. The van der Waals surface area contributed by atoms with Crippen LogP contribution in [0.1, 0.15) is 44.6 Å². The first-order chi connectivity index (χ1) is 10.4. The number of nitrogens with one attached hydrogen (secondary N) is 1. The molecule has 3 nitrogen and oxygen atoms in total. The largest absolute Gasteiger partial charge is 0.417 e. The van der Waals surface area contributed by atoms with Gasteiger partial charge in [-0.25, -0.2) is 4.98 Å². The van der Waals surface area contributed by atoms with Crippen LogP contribution in [0.4, 0.5) is 13.2 Å².